The van der Waals surface area contributed by atoms with Crippen LogP contribution in [0.4, 0.5) is 8.78 Å². The van der Waals surface area contributed by atoms with Crippen molar-refractivity contribution >= 4 is 11.6 Å². The number of alkyl halides is 1. The van der Waals surface area contributed by atoms with Crippen LogP contribution < -0.4 is 0 Å². The molecule has 0 bridgehead atoms. The van der Waals surface area contributed by atoms with Gasteiger partial charge in [0.25, 0.3) is 0 Å². The Morgan fingerprint density at radius 2 is 1.60 bits per heavy atom. The molecule has 0 saturated carbocycles. The minimum Gasteiger partial charge on any atom is -0.207 e. The molecule has 2 aromatic rings. The predicted octanol–water partition coefficient (Wildman–Crippen LogP) is 5.81. The Balaban J connectivity index is 2.26. The first-order valence-corrected chi connectivity index (χ1v) is 7.15. The fourth-order valence-corrected chi connectivity index (χ4v) is 2.44. The molecule has 2 unspecified atom stereocenters. The van der Waals surface area contributed by atoms with Crippen molar-refractivity contribution < 1.29 is 8.78 Å². The Bertz CT molecular complexity index is 578. The molecule has 0 radical (unpaired) electrons. The van der Waals surface area contributed by atoms with Crippen LogP contribution in [0, 0.1) is 11.6 Å². The molecule has 2 atom stereocenters. The first-order chi connectivity index (χ1) is 9.52. The summed E-state index contributed by atoms with van der Waals surface area (Å²) in [4.78, 5) is 0. The van der Waals surface area contributed by atoms with Crippen LogP contribution in [0.2, 0.25) is 0 Å². The van der Waals surface area contributed by atoms with E-state index in [-0.39, 0.29) is 0 Å². The minimum atomic E-state index is -0.615. The zero-order chi connectivity index (χ0) is 14.7. The van der Waals surface area contributed by atoms with Crippen molar-refractivity contribution in [2.24, 2.45) is 0 Å². The van der Waals surface area contributed by atoms with E-state index in [0.717, 1.165) is 18.1 Å². The summed E-state index contributed by atoms with van der Waals surface area (Å²) in [6.07, 6.45) is 1.07. The Hall–Kier alpha value is -1.41. The van der Waals surface area contributed by atoms with Crippen molar-refractivity contribution in [2.75, 3.05) is 0 Å². The molecule has 0 saturated heterocycles. The maximum Gasteiger partial charge on any atom is 0.131 e. The molecule has 0 aliphatic heterocycles. The predicted molar refractivity (Wildman–Crippen MR) is 79.2 cm³/mol. The topological polar surface area (TPSA) is 0 Å². The highest BCUT2D eigenvalue weighted by Gasteiger charge is 2.16. The van der Waals surface area contributed by atoms with E-state index in [2.05, 4.69) is 13.8 Å². The Kier molecular flexibility index (Phi) is 4.77. The largest absolute Gasteiger partial charge is 0.207 e. The number of hydrogen-bond acceptors (Lipinski definition) is 0. The third-order valence-corrected chi connectivity index (χ3v) is 4.13. The highest BCUT2D eigenvalue weighted by molar-refractivity contribution is 6.22. The van der Waals surface area contributed by atoms with Crippen LogP contribution in [0.15, 0.2) is 42.5 Å². The van der Waals surface area contributed by atoms with Gasteiger partial charge in [-0.05, 0) is 29.5 Å². The van der Waals surface area contributed by atoms with Gasteiger partial charge in [0.05, 0.1) is 5.38 Å². The van der Waals surface area contributed by atoms with Crippen LogP contribution in [-0.2, 0) is 0 Å². The van der Waals surface area contributed by atoms with Crippen molar-refractivity contribution in [3.8, 4) is 0 Å². The molecule has 0 spiro atoms. The summed E-state index contributed by atoms with van der Waals surface area (Å²) in [6, 6.07) is 11.3. The second-order valence-corrected chi connectivity index (χ2v) is 5.44. The van der Waals surface area contributed by atoms with Crippen molar-refractivity contribution in [1.29, 1.82) is 0 Å². The van der Waals surface area contributed by atoms with Crippen LogP contribution in [0.5, 0.6) is 0 Å². The molecule has 0 aliphatic carbocycles. The average Bonchev–Trinajstić information content (AvgIpc) is 2.46. The van der Waals surface area contributed by atoms with Crippen molar-refractivity contribution in [2.45, 2.75) is 31.6 Å². The summed E-state index contributed by atoms with van der Waals surface area (Å²) < 4.78 is 26.6. The highest BCUT2D eigenvalue weighted by atomic mass is 35.5. The zero-order valence-corrected chi connectivity index (χ0v) is 12.3. The molecule has 2 rings (SSSR count). The smallest absolute Gasteiger partial charge is 0.131 e. The second-order valence-electron chi connectivity index (χ2n) is 5.00. The number of benzene rings is 2. The van der Waals surface area contributed by atoms with Crippen LogP contribution in [-0.4, -0.2) is 0 Å². The number of rotatable bonds is 4. The summed E-state index contributed by atoms with van der Waals surface area (Å²) in [5.74, 6) is -0.723. The van der Waals surface area contributed by atoms with E-state index in [1.807, 2.05) is 24.3 Å². The third-order valence-electron chi connectivity index (χ3n) is 3.65. The van der Waals surface area contributed by atoms with Gasteiger partial charge in [-0.2, -0.15) is 0 Å². The molecule has 0 N–H and O–H groups in total. The highest BCUT2D eigenvalue weighted by Crippen LogP contribution is 2.32. The zero-order valence-electron chi connectivity index (χ0n) is 11.5. The maximum atomic E-state index is 13.7. The monoisotopic (exact) mass is 294 g/mol. The molecule has 20 heavy (non-hydrogen) atoms. The first-order valence-electron chi connectivity index (χ1n) is 6.71. The summed E-state index contributed by atoms with van der Waals surface area (Å²) >= 11 is 6.29. The van der Waals surface area contributed by atoms with Crippen molar-refractivity contribution in [3.63, 3.8) is 0 Å². The third kappa shape index (κ3) is 3.18. The maximum absolute atomic E-state index is 13.7. The summed E-state index contributed by atoms with van der Waals surface area (Å²) in [5, 5.41) is -0.610. The molecule has 106 valence electrons. The first kappa shape index (κ1) is 15.0. The molecular formula is C17H17ClF2. The fourth-order valence-electron chi connectivity index (χ4n) is 2.12. The quantitative estimate of drug-likeness (QED) is 0.625. The van der Waals surface area contributed by atoms with E-state index in [0.29, 0.717) is 11.5 Å². The van der Waals surface area contributed by atoms with E-state index in [4.69, 9.17) is 11.6 Å². The van der Waals surface area contributed by atoms with Gasteiger partial charge in [0.15, 0.2) is 0 Å². The molecule has 3 heteroatoms. The van der Waals surface area contributed by atoms with Gasteiger partial charge in [-0.15, -0.1) is 11.6 Å². The lowest BCUT2D eigenvalue weighted by molar-refractivity contribution is 0.573. The van der Waals surface area contributed by atoms with Crippen LogP contribution in [0.1, 0.15) is 48.3 Å². The fraction of sp³-hybridized carbons (Fsp3) is 0.294. The van der Waals surface area contributed by atoms with Gasteiger partial charge >= 0.3 is 0 Å². The normalized spacial score (nSPS) is 14.1. The lowest BCUT2D eigenvalue weighted by atomic mass is 9.96. The minimum absolute atomic E-state index is 0.296. The summed E-state index contributed by atoms with van der Waals surface area (Å²) in [7, 11) is 0. The van der Waals surface area contributed by atoms with E-state index in [1.165, 1.54) is 17.7 Å². The Labute approximate surface area is 123 Å². The Morgan fingerprint density at radius 1 is 1.00 bits per heavy atom. The van der Waals surface area contributed by atoms with Gasteiger partial charge in [0.2, 0.25) is 0 Å². The summed E-state index contributed by atoms with van der Waals surface area (Å²) in [6.45, 7) is 4.30. The van der Waals surface area contributed by atoms with Crippen LogP contribution in [0.25, 0.3) is 0 Å². The van der Waals surface area contributed by atoms with Crippen LogP contribution in [0.3, 0.4) is 0 Å². The van der Waals surface area contributed by atoms with Crippen LogP contribution >= 0.6 is 11.6 Å². The molecule has 0 heterocycles. The van der Waals surface area contributed by atoms with Gasteiger partial charge < -0.3 is 0 Å². The molecule has 2 aromatic carbocycles. The number of hydrogen-bond donors (Lipinski definition) is 0. The average molecular weight is 295 g/mol. The standard InChI is InChI=1S/C17H17ClF2/c1-3-11(2)12-4-6-13(7-5-12)17(18)15-9-8-14(19)10-16(15)20/h4-11,17H,3H2,1-2H3. The number of halogens is 3. The van der Waals surface area contributed by atoms with Gasteiger partial charge in [-0.3, -0.25) is 0 Å². The van der Waals surface area contributed by atoms with E-state index in [1.54, 1.807) is 0 Å². The lowest BCUT2D eigenvalue weighted by Gasteiger charge is -2.14. The molecule has 0 fully saturated rings. The SMILES string of the molecule is CCC(C)c1ccc(C(Cl)c2ccc(F)cc2F)cc1. The van der Waals surface area contributed by atoms with Crippen molar-refractivity contribution in [1.82, 2.24) is 0 Å². The van der Waals surface area contributed by atoms with Gasteiger partial charge in [0, 0.05) is 11.6 Å². The van der Waals surface area contributed by atoms with E-state index < -0.39 is 17.0 Å². The molecule has 0 amide bonds. The Morgan fingerprint density at radius 3 is 2.15 bits per heavy atom. The molecule has 0 aromatic heterocycles. The van der Waals surface area contributed by atoms with E-state index >= 15 is 0 Å². The van der Waals surface area contributed by atoms with E-state index in [9.17, 15) is 8.78 Å². The van der Waals surface area contributed by atoms with Gasteiger partial charge in [0.1, 0.15) is 11.6 Å². The molecule has 0 aliphatic rings. The van der Waals surface area contributed by atoms with Gasteiger partial charge in [-0.25, -0.2) is 8.78 Å². The summed E-state index contributed by atoms with van der Waals surface area (Å²) in [5.41, 5.74) is 2.34. The molecular weight excluding hydrogens is 278 g/mol. The lowest BCUT2D eigenvalue weighted by Crippen LogP contribution is -1.99. The molecule has 0 nitrogen and oxygen atoms in total. The van der Waals surface area contributed by atoms with Crippen molar-refractivity contribution in [3.05, 3.63) is 70.8 Å². The van der Waals surface area contributed by atoms with Gasteiger partial charge in [-0.1, -0.05) is 44.2 Å². The second kappa shape index (κ2) is 6.36.